The molecule has 128 valence electrons. The molecule has 8 heteroatoms. The Labute approximate surface area is 136 Å². The summed E-state index contributed by atoms with van der Waals surface area (Å²) in [5.41, 5.74) is 0.0183. The molecule has 1 aliphatic rings. The molecule has 0 saturated carbocycles. The largest absolute Gasteiger partial charge is 0.473 e. The fourth-order valence-corrected chi connectivity index (χ4v) is 2.65. The molecule has 1 aromatic heterocycles. The SMILES string of the molecule is CN1c2cc(OCc3cc(F)c(F)c(F)c3)nc(=N)n2CC1(C)C. The van der Waals surface area contributed by atoms with Gasteiger partial charge in [-0.05, 0) is 31.5 Å². The lowest BCUT2D eigenvalue weighted by Crippen LogP contribution is -2.38. The second-order valence-corrected chi connectivity index (χ2v) is 6.40. The van der Waals surface area contributed by atoms with E-state index in [2.05, 4.69) is 4.98 Å². The number of nitrogens with zero attached hydrogens (tertiary/aromatic N) is 3. The molecule has 0 fully saturated rings. The maximum Gasteiger partial charge on any atom is 0.226 e. The fraction of sp³-hybridized carbons (Fsp3) is 0.375. The second kappa shape index (κ2) is 5.54. The Bertz CT molecular complexity index is 840. The van der Waals surface area contributed by atoms with Crippen molar-refractivity contribution in [3.05, 3.63) is 46.8 Å². The Hall–Kier alpha value is -2.51. The van der Waals surface area contributed by atoms with Crippen LogP contribution in [0.3, 0.4) is 0 Å². The van der Waals surface area contributed by atoms with Crippen molar-refractivity contribution < 1.29 is 17.9 Å². The number of anilines is 1. The van der Waals surface area contributed by atoms with Gasteiger partial charge in [-0.15, -0.1) is 0 Å². The zero-order chi connectivity index (χ0) is 17.6. The van der Waals surface area contributed by atoms with Crippen LogP contribution in [0.1, 0.15) is 19.4 Å². The predicted octanol–water partition coefficient (Wildman–Crippen LogP) is 2.59. The van der Waals surface area contributed by atoms with Crippen LogP contribution >= 0.6 is 0 Å². The van der Waals surface area contributed by atoms with Gasteiger partial charge in [0.1, 0.15) is 12.4 Å². The van der Waals surface area contributed by atoms with Crippen molar-refractivity contribution in [3.63, 3.8) is 0 Å². The van der Waals surface area contributed by atoms with Crippen molar-refractivity contribution in [1.29, 1.82) is 5.41 Å². The normalized spacial score (nSPS) is 15.5. The van der Waals surface area contributed by atoms with Gasteiger partial charge in [0.2, 0.25) is 11.5 Å². The zero-order valence-corrected chi connectivity index (χ0v) is 13.5. The lowest BCUT2D eigenvalue weighted by atomic mass is 10.1. The van der Waals surface area contributed by atoms with E-state index in [1.807, 2.05) is 25.8 Å². The molecule has 0 aliphatic carbocycles. The van der Waals surface area contributed by atoms with Gasteiger partial charge in [0.25, 0.3) is 0 Å². The van der Waals surface area contributed by atoms with Crippen molar-refractivity contribution in [2.24, 2.45) is 0 Å². The summed E-state index contributed by atoms with van der Waals surface area (Å²) >= 11 is 0. The van der Waals surface area contributed by atoms with Crippen LogP contribution in [0.15, 0.2) is 18.2 Å². The monoisotopic (exact) mass is 338 g/mol. The molecule has 1 aliphatic heterocycles. The third kappa shape index (κ3) is 2.72. The second-order valence-electron chi connectivity index (χ2n) is 6.40. The molecule has 1 N–H and O–H groups in total. The third-order valence-corrected chi connectivity index (χ3v) is 4.23. The molecule has 24 heavy (non-hydrogen) atoms. The zero-order valence-electron chi connectivity index (χ0n) is 13.5. The van der Waals surface area contributed by atoms with E-state index in [1.165, 1.54) is 0 Å². The first-order valence-electron chi connectivity index (χ1n) is 7.35. The standard InChI is InChI=1S/C16H17F3N4O/c1-16(2)8-23-13(22(16)3)6-12(21-15(23)20)24-7-9-4-10(17)14(19)11(18)5-9/h4-6,20H,7-8H2,1-3H3. The van der Waals surface area contributed by atoms with E-state index in [4.69, 9.17) is 10.1 Å². The number of likely N-dealkylation sites (N-methyl/N-ethyl adjacent to an activating group) is 1. The fourth-order valence-electron chi connectivity index (χ4n) is 2.65. The van der Waals surface area contributed by atoms with E-state index in [1.54, 1.807) is 10.6 Å². The number of benzene rings is 1. The average Bonchev–Trinajstić information content (AvgIpc) is 2.74. The van der Waals surface area contributed by atoms with E-state index in [0.29, 0.717) is 6.54 Å². The van der Waals surface area contributed by atoms with Gasteiger partial charge in [-0.25, -0.2) is 13.2 Å². The molecule has 0 saturated heterocycles. The van der Waals surface area contributed by atoms with E-state index < -0.39 is 17.5 Å². The Kier molecular flexibility index (Phi) is 3.77. The molecular formula is C16H17F3N4O. The Balaban J connectivity index is 1.85. The minimum atomic E-state index is -1.51. The molecule has 5 nitrogen and oxygen atoms in total. The first-order valence-corrected chi connectivity index (χ1v) is 7.35. The van der Waals surface area contributed by atoms with Crippen LogP contribution < -0.4 is 15.3 Å². The molecule has 0 bridgehead atoms. The van der Waals surface area contributed by atoms with Gasteiger partial charge in [-0.3, -0.25) is 9.98 Å². The molecule has 0 spiro atoms. The first-order chi connectivity index (χ1) is 11.2. The lowest BCUT2D eigenvalue weighted by Gasteiger charge is -2.28. The van der Waals surface area contributed by atoms with Crippen molar-refractivity contribution in [2.75, 3.05) is 11.9 Å². The Morgan fingerprint density at radius 1 is 1.21 bits per heavy atom. The number of nitrogens with one attached hydrogen (secondary N) is 1. The van der Waals surface area contributed by atoms with Gasteiger partial charge in [0.15, 0.2) is 17.5 Å². The number of ether oxygens (including phenoxy) is 1. The van der Waals surface area contributed by atoms with Gasteiger partial charge >= 0.3 is 0 Å². The number of aromatic nitrogens is 2. The molecule has 3 rings (SSSR count). The smallest absolute Gasteiger partial charge is 0.226 e. The van der Waals surface area contributed by atoms with Crippen molar-refractivity contribution in [2.45, 2.75) is 32.5 Å². The van der Waals surface area contributed by atoms with Gasteiger partial charge in [-0.1, -0.05) is 0 Å². The minimum absolute atomic E-state index is 0.0383. The van der Waals surface area contributed by atoms with E-state index in [-0.39, 0.29) is 29.2 Å². The van der Waals surface area contributed by atoms with Crippen LogP contribution in [-0.2, 0) is 13.2 Å². The molecule has 0 unspecified atom stereocenters. The number of hydrogen-bond acceptors (Lipinski definition) is 4. The maximum absolute atomic E-state index is 13.2. The van der Waals surface area contributed by atoms with Crippen LogP contribution in [0, 0.1) is 22.9 Å². The molecule has 1 aromatic carbocycles. The van der Waals surface area contributed by atoms with Gasteiger partial charge in [0.05, 0.1) is 12.1 Å². The summed E-state index contributed by atoms with van der Waals surface area (Å²) in [5, 5.41) is 8.01. The van der Waals surface area contributed by atoms with Crippen molar-refractivity contribution in [3.8, 4) is 5.88 Å². The molecule has 0 atom stereocenters. The van der Waals surface area contributed by atoms with Gasteiger partial charge < -0.3 is 9.64 Å². The minimum Gasteiger partial charge on any atom is -0.473 e. The van der Waals surface area contributed by atoms with E-state index >= 15 is 0 Å². The van der Waals surface area contributed by atoms with Crippen LogP contribution in [0.25, 0.3) is 0 Å². The van der Waals surface area contributed by atoms with Crippen LogP contribution in [0.4, 0.5) is 19.0 Å². The molecule has 0 amide bonds. The summed E-state index contributed by atoms with van der Waals surface area (Å²) < 4.78 is 46.6. The quantitative estimate of drug-likeness (QED) is 0.875. The summed E-state index contributed by atoms with van der Waals surface area (Å²) in [6.45, 7) is 4.53. The number of fused-ring (bicyclic) bond motifs is 1. The van der Waals surface area contributed by atoms with E-state index in [9.17, 15) is 13.2 Å². The molecule has 0 radical (unpaired) electrons. The van der Waals surface area contributed by atoms with Crippen molar-refractivity contribution >= 4 is 5.82 Å². The number of rotatable bonds is 3. The predicted molar refractivity (Wildman–Crippen MR) is 81.2 cm³/mol. The summed E-state index contributed by atoms with van der Waals surface area (Å²) in [6.07, 6.45) is 0. The highest BCUT2D eigenvalue weighted by atomic mass is 19.2. The number of halogens is 3. The average molecular weight is 338 g/mol. The summed E-state index contributed by atoms with van der Waals surface area (Å²) in [7, 11) is 1.91. The molecule has 2 aromatic rings. The van der Waals surface area contributed by atoms with Crippen molar-refractivity contribution in [1.82, 2.24) is 9.55 Å². The Morgan fingerprint density at radius 2 is 1.83 bits per heavy atom. The highest BCUT2D eigenvalue weighted by molar-refractivity contribution is 5.47. The maximum atomic E-state index is 13.2. The third-order valence-electron chi connectivity index (χ3n) is 4.23. The topological polar surface area (TPSA) is 54.1 Å². The van der Waals surface area contributed by atoms with Crippen LogP contribution in [-0.4, -0.2) is 22.1 Å². The lowest BCUT2D eigenvalue weighted by molar-refractivity contribution is 0.288. The summed E-state index contributed by atoms with van der Waals surface area (Å²) in [6, 6.07) is 3.41. The Morgan fingerprint density at radius 3 is 2.46 bits per heavy atom. The molecule has 2 heterocycles. The highest BCUT2D eigenvalue weighted by Gasteiger charge is 2.34. The van der Waals surface area contributed by atoms with E-state index in [0.717, 1.165) is 18.0 Å². The van der Waals surface area contributed by atoms with Crippen LogP contribution in [0.2, 0.25) is 0 Å². The van der Waals surface area contributed by atoms with Crippen LogP contribution in [0.5, 0.6) is 5.88 Å². The number of hydrogen-bond donors (Lipinski definition) is 1. The van der Waals surface area contributed by atoms with Gasteiger partial charge in [0, 0.05) is 13.1 Å². The summed E-state index contributed by atoms with van der Waals surface area (Å²) in [4.78, 5) is 6.05. The molecular weight excluding hydrogens is 321 g/mol. The van der Waals surface area contributed by atoms with Gasteiger partial charge in [-0.2, -0.15) is 4.98 Å². The highest BCUT2D eigenvalue weighted by Crippen LogP contribution is 2.31. The summed E-state index contributed by atoms with van der Waals surface area (Å²) in [5.74, 6) is -3.11. The first kappa shape index (κ1) is 16.4.